The first-order valence-electron chi connectivity index (χ1n) is 6.94. The zero-order chi connectivity index (χ0) is 13.2. The Kier molecular flexibility index (Phi) is 3.89. The van der Waals surface area contributed by atoms with Gasteiger partial charge in [0, 0.05) is 16.6 Å². The van der Waals surface area contributed by atoms with Crippen LogP contribution in [0.1, 0.15) is 36.0 Å². The molecule has 2 fully saturated rings. The van der Waals surface area contributed by atoms with Gasteiger partial charge in [0.25, 0.3) is 5.91 Å². The van der Waals surface area contributed by atoms with Gasteiger partial charge in [-0.25, -0.2) is 0 Å². The van der Waals surface area contributed by atoms with Crippen molar-refractivity contribution in [1.82, 2.24) is 4.90 Å². The molecular weight excluding hydrogens is 306 g/mol. The van der Waals surface area contributed by atoms with E-state index in [1.54, 1.807) is 0 Å². The molecule has 0 bridgehead atoms. The Labute approximate surface area is 122 Å². The highest BCUT2D eigenvalue weighted by Crippen LogP contribution is 2.29. The predicted molar refractivity (Wildman–Crippen MR) is 77.2 cm³/mol. The van der Waals surface area contributed by atoms with E-state index >= 15 is 0 Å². The maximum atomic E-state index is 12.7. The molecule has 3 rings (SSSR count). The van der Waals surface area contributed by atoms with E-state index in [9.17, 15) is 4.79 Å². The first-order valence-corrected chi connectivity index (χ1v) is 7.73. The summed E-state index contributed by atoms with van der Waals surface area (Å²) in [6, 6.07) is 7.92. The first-order chi connectivity index (χ1) is 9.25. The molecule has 0 aromatic heterocycles. The number of benzene rings is 1. The van der Waals surface area contributed by atoms with Gasteiger partial charge in [-0.15, -0.1) is 0 Å². The second kappa shape index (κ2) is 5.63. The molecule has 4 heteroatoms. The number of nitrogens with zero attached hydrogens (tertiary/aromatic N) is 1. The third-order valence-electron chi connectivity index (χ3n) is 4.06. The Morgan fingerprint density at radius 2 is 2.16 bits per heavy atom. The smallest absolute Gasteiger partial charge is 0.254 e. The molecule has 0 unspecified atom stereocenters. The molecule has 102 valence electrons. The summed E-state index contributed by atoms with van der Waals surface area (Å²) >= 11 is 3.43. The summed E-state index contributed by atoms with van der Waals surface area (Å²) in [5, 5.41) is 0. The van der Waals surface area contributed by atoms with Crippen LogP contribution in [0.4, 0.5) is 0 Å². The summed E-state index contributed by atoms with van der Waals surface area (Å²) in [4.78, 5) is 14.7. The van der Waals surface area contributed by atoms with Crippen molar-refractivity contribution in [2.24, 2.45) is 0 Å². The molecule has 1 saturated carbocycles. The van der Waals surface area contributed by atoms with Crippen LogP contribution in [0.3, 0.4) is 0 Å². The molecule has 3 nitrogen and oxygen atoms in total. The van der Waals surface area contributed by atoms with Crippen LogP contribution in [0.15, 0.2) is 28.7 Å². The van der Waals surface area contributed by atoms with Crippen LogP contribution in [-0.2, 0) is 4.74 Å². The number of rotatable bonds is 1. The van der Waals surface area contributed by atoms with E-state index < -0.39 is 0 Å². The molecule has 0 N–H and O–H groups in total. The Hall–Kier alpha value is -0.870. The lowest BCUT2D eigenvalue weighted by Crippen LogP contribution is -2.54. The first kappa shape index (κ1) is 13.1. The van der Waals surface area contributed by atoms with Crippen molar-refractivity contribution < 1.29 is 9.53 Å². The minimum Gasteiger partial charge on any atom is -0.374 e. The van der Waals surface area contributed by atoms with Crippen LogP contribution >= 0.6 is 15.9 Å². The largest absolute Gasteiger partial charge is 0.374 e. The average molecular weight is 324 g/mol. The number of fused-ring (bicyclic) bond motifs is 1. The molecule has 1 saturated heterocycles. The van der Waals surface area contributed by atoms with Gasteiger partial charge in [-0.2, -0.15) is 0 Å². The molecule has 1 aromatic carbocycles. The number of amides is 1. The van der Waals surface area contributed by atoms with Crippen molar-refractivity contribution in [1.29, 1.82) is 0 Å². The fraction of sp³-hybridized carbons (Fsp3) is 0.533. The lowest BCUT2D eigenvalue weighted by atomic mass is 9.89. The molecule has 1 amide bonds. The zero-order valence-corrected chi connectivity index (χ0v) is 12.4. The van der Waals surface area contributed by atoms with Crippen molar-refractivity contribution in [3.63, 3.8) is 0 Å². The minimum absolute atomic E-state index is 0.140. The maximum Gasteiger partial charge on any atom is 0.254 e. The number of morpholine rings is 1. The van der Waals surface area contributed by atoms with Crippen LogP contribution in [0, 0.1) is 0 Å². The van der Waals surface area contributed by atoms with Gasteiger partial charge in [0.05, 0.1) is 18.8 Å². The van der Waals surface area contributed by atoms with Crippen molar-refractivity contribution >= 4 is 21.8 Å². The van der Waals surface area contributed by atoms with Gasteiger partial charge < -0.3 is 9.64 Å². The number of carbonyl (C=O) groups excluding carboxylic acids is 1. The molecule has 1 aromatic rings. The number of halogens is 1. The average Bonchev–Trinajstić information content (AvgIpc) is 2.46. The van der Waals surface area contributed by atoms with E-state index in [0.717, 1.165) is 22.9 Å². The summed E-state index contributed by atoms with van der Waals surface area (Å²) in [6.45, 7) is 1.38. The highest BCUT2D eigenvalue weighted by Gasteiger charge is 2.36. The standard InChI is InChI=1S/C15H18BrNO2/c16-12-5-3-4-11(10-12)15(18)17-8-9-19-14-7-2-1-6-13(14)17/h3-5,10,13-14H,1-2,6-9H2/t13-,14-/m0/s1. The SMILES string of the molecule is O=C(c1cccc(Br)c1)N1CCO[C@H]2CCCC[C@@H]21. The van der Waals surface area contributed by atoms with Crippen molar-refractivity contribution in [3.8, 4) is 0 Å². The van der Waals surface area contributed by atoms with E-state index in [-0.39, 0.29) is 18.1 Å². The molecule has 1 aliphatic heterocycles. The number of ether oxygens (including phenoxy) is 1. The van der Waals surface area contributed by atoms with Gasteiger partial charge >= 0.3 is 0 Å². The quantitative estimate of drug-likeness (QED) is 0.794. The van der Waals surface area contributed by atoms with Crippen LogP contribution in [0.5, 0.6) is 0 Å². The molecule has 1 heterocycles. The fourth-order valence-electron chi connectivity index (χ4n) is 3.14. The normalized spacial score (nSPS) is 26.9. The molecule has 2 aliphatic rings. The van der Waals surface area contributed by atoms with E-state index in [0.29, 0.717) is 13.2 Å². The number of hydrogen-bond donors (Lipinski definition) is 0. The predicted octanol–water partition coefficient (Wildman–Crippen LogP) is 3.23. The summed E-state index contributed by atoms with van der Waals surface area (Å²) < 4.78 is 6.77. The fourth-order valence-corrected chi connectivity index (χ4v) is 3.54. The third-order valence-corrected chi connectivity index (χ3v) is 4.56. The van der Waals surface area contributed by atoms with Crippen LogP contribution < -0.4 is 0 Å². The summed E-state index contributed by atoms with van der Waals surface area (Å²) in [6.07, 6.45) is 4.84. The van der Waals surface area contributed by atoms with E-state index in [1.807, 2.05) is 29.2 Å². The summed E-state index contributed by atoms with van der Waals surface area (Å²) in [5.74, 6) is 0.140. The van der Waals surface area contributed by atoms with Crippen molar-refractivity contribution in [2.75, 3.05) is 13.2 Å². The van der Waals surface area contributed by atoms with Crippen molar-refractivity contribution in [3.05, 3.63) is 34.3 Å². The molecule has 0 radical (unpaired) electrons. The molecule has 1 aliphatic carbocycles. The van der Waals surface area contributed by atoms with Gasteiger partial charge in [0.15, 0.2) is 0 Å². The Morgan fingerprint density at radius 1 is 1.32 bits per heavy atom. The van der Waals surface area contributed by atoms with Crippen LogP contribution in [-0.4, -0.2) is 36.1 Å². The van der Waals surface area contributed by atoms with Gasteiger partial charge in [0.1, 0.15) is 0 Å². The van der Waals surface area contributed by atoms with Gasteiger partial charge in [0.2, 0.25) is 0 Å². The lowest BCUT2D eigenvalue weighted by Gasteiger charge is -2.43. The molecule has 19 heavy (non-hydrogen) atoms. The Bertz CT molecular complexity index is 475. The second-order valence-electron chi connectivity index (χ2n) is 5.27. The topological polar surface area (TPSA) is 29.5 Å². The Morgan fingerprint density at radius 3 is 3.00 bits per heavy atom. The van der Waals surface area contributed by atoms with E-state index in [1.165, 1.54) is 12.8 Å². The van der Waals surface area contributed by atoms with Crippen LogP contribution in [0.25, 0.3) is 0 Å². The monoisotopic (exact) mass is 323 g/mol. The minimum atomic E-state index is 0.140. The lowest BCUT2D eigenvalue weighted by molar-refractivity contribution is -0.0752. The van der Waals surface area contributed by atoms with E-state index in [2.05, 4.69) is 15.9 Å². The summed E-state index contributed by atoms with van der Waals surface area (Å²) in [5.41, 5.74) is 0.764. The van der Waals surface area contributed by atoms with Crippen molar-refractivity contribution in [2.45, 2.75) is 37.8 Å². The summed E-state index contributed by atoms with van der Waals surface area (Å²) in [7, 11) is 0. The molecule has 2 atom stereocenters. The molecular formula is C15H18BrNO2. The van der Waals surface area contributed by atoms with E-state index in [4.69, 9.17) is 4.74 Å². The highest BCUT2D eigenvalue weighted by atomic mass is 79.9. The Balaban J connectivity index is 1.82. The van der Waals surface area contributed by atoms with Gasteiger partial charge in [-0.1, -0.05) is 34.8 Å². The van der Waals surface area contributed by atoms with Crippen LogP contribution in [0.2, 0.25) is 0 Å². The van der Waals surface area contributed by atoms with Gasteiger partial charge in [-0.3, -0.25) is 4.79 Å². The molecule has 0 spiro atoms. The van der Waals surface area contributed by atoms with Gasteiger partial charge in [-0.05, 0) is 31.0 Å². The second-order valence-corrected chi connectivity index (χ2v) is 6.19. The zero-order valence-electron chi connectivity index (χ0n) is 10.8. The maximum absolute atomic E-state index is 12.7. The number of hydrogen-bond acceptors (Lipinski definition) is 2. The highest BCUT2D eigenvalue weighted by molar-refractivity contribution is 9.10. The number of carbonyl (C=O) groups is 1. The third kappa shape index (κ3) is 2.70.